The summed E-state index contributed by atoms with van der Waals surface area (Å²) in [4.78, 5) is 10.2. The molecule has 0 radical (unpaired) electrons. The van der Waals surface area contributed by atoms with Gasteiger partial charge in [-0.2, -0.15) is 4.31 Å². The van der Waals surface area contributed by atoms with E-state index in [2.05, 4.69) is 9.97 Å². The predicted octanol–water partition coefficient (Wildman–Crippen LogP) is -0.983. The SMILES string of the molecule is CS(=O)(=O)N1CCN(c2ncncc2CN)CC1. The molecule has 0 saturated carbocycles. The molecule has 0 amide bonds. The first-order valence-corrected chi connectivity index (χ1v) is 7.56. The largest absolute Gasteiger partial charge is 0.354 e. The average molecular weight is 271 g/mol. The molecule has 1 fully saturated rings. The summed E-state index contributed by atoms with van der Waals surface area (Å²) in [5, 5.41) is 0. The first-order valence-electron chi connectivity index (χ1n) is 5.71. The van der Waals surface area contributed by atoms with Crippen LogP contribution in [0.25, 0.3) is 0 Å². The normalized spacial score (nSPS) is 18.0. The number of sulfonamides is 1. The average Bonchev–Trinajstić information content (AvgIpc) is 2.38. The summed E-state index contributed by atoms with van der Waals surface area (Å²) in [5.74, 6) is 0.806. The second kappa shape index (κ2) is 5.17. The lowest BCUT2D eigenvalue weighted by molar-refractivity contribution is 0.386. The van der Waals surface area contributed by atoms with Crippen LogP contribution in [-0.4, -0.2) is 55.1 Å². The summed E-state index contributed by atoms with van der Waals surface area (Å²) < 4.78 is 24.3. The van der Waals surface area contributed by atoms with Crippen molar-refractivity contribution in [2.24, 2.45) is 5.73 Å². The molecule has 0 spiro atoms. The monoisotopic (exact) mass is 271 g/mol. The molecular formula is C10H17N5O2S. The Labute approximate surface area is 107 Å². The van der Waals surface area contributed by atoms with E-state index in [1.54, 1.807) is 6.20 Å². The van der Waals surface area contributed by atoms with Gasteiger partial charge in [0.2, 0.25) is 10.0 Å². The molecule has 0 unspecified atom stereocenters. The number of piperazine rings is 1. The third kappa shape index (κ3) is 2.77. The molecule has 0 bridgehead atoms. The van der Waals surface area contributed by atoms with E-state index in [1.807, 2.05) is 4.90 Å². The fourth-order valence-electron chi connectivity index (χ4n) is 2.01. The molecule has 0 aliphatic carbocycles. The summed E-state index contributed by atoms with van der Waals surface area (Å²) in [7, 11) is -3.10. The quantitative estimate of drug-likeness (QED) is 0.759. The van der Waals surface area contributed by atoms with Crippen LogP contribution in [0.2, 0.25) is 0 Å². The van der Waals surface area contributed by atoms with Gasteiger partial charge in [-0.05, 0) is 0 Å². The van der Waals surface area contributed by atoms with Crippen molar-refractivity contribution in [1.82, 2.24) is 14.3 Å². The minimum absolute atomic E-state index is 0.377. The van der Waals surface area contributed by atoms with E-state index in [-0.39, 0.29) is 0 Å². The molecule has 1 aromatic heterocycles. The molecule has 8 heteroatoms. The Kier molecular flexibility index (Phi) is 3.79. The van der Waals surface area contributed by atoms with Crippen LogP contribution in [0.1, 0.15) is 5.56 Å². The number of rotatable bonds is 3. The highest BCUT2D eigenvalue weighted by Gasteiger charge is 2.24. The summed E-state index contributed by atoms with van der Waals surface area (Å²) in [6, 6.07) is 0. The number of nitrogens with two attached hydrogens (primary N) is 1. The van der Waals surface area contributed by atoms with E-state index < -0.39 is 10.0 Å². The lowest BCUT2D eigenvalue weighted by atomic mass is 10.2. The smallest absolute Gasteiger partial charge is 0.211 e. The van der Waals surface area contributed by atoms with Crippen LogP contribution in [0.3, 0.4) is 0 Å². The molecular weight excluding hydrogens is 254 g/mol. The molecule has 0 atom stereocenters. The Hall–Kier alpha value is -1.25. The van der Waals surface area contributed by atoms with Crippen molar-refractivity contribution >= 4 is 15.8 Å². The highest BCUT2D eigenvalue weighted by Crippen LogP contribution is 2.18. The van der Waals surface area contributed by atoms with Gasteiger partial charge in [0.15, 0.2) is 0 Å². The molecule has 1 aromatic rings. The van der Waals surface area contributed by atoms with Crippen molar-refractivity contribution in [2.45, 2.75) is 6.54 Å². The zero-order chi connectivity index (χ0) is 13.2. The van der Waals surface area contributed by atoms with E-state index in [0.29, 0.717) is 32.7 Å². The van der Waals surface area contributed by atoms with Crippen LogP contribution >= 0.6 is 0 Å². The van der Waals surface area contributed by atoms with Crippen LogP contribution in [0.4, 0.5) is 5.82 Å². The van der Waals surface area contributed by atoms with Gasteiger partial charge in [-0.25, -0.2) is 18.4 Å². The lowest BCUT2D eigenvalue weighted by Gasteiger charge is -2.34. The maximum atomic E-state index is 11.4. The van der Waals surface area contributed by atoms with Crippen molar-refractivity contribution in [1.29, 1.82) is 0 Å². The van der Waals surface area contributed by atoms with Gasteiger partial charge >= 0.3 is 0 Å². The van der Waals surface area contributed by atoms with Gasteiger partial charge in [-0.15, -0.1) is 0 Å². The van der Waals surface area contributed by atoms with Crippen LogP contribution in [0, 0.1) is 0 Å². The number of nitrogens with zero attached hydrogens (tertiary/aromatic N) is 4. The van der Waals surface area contributed by atoms with Gasteiger partial charge < -0.3 is 10.6 Å². The third-order valence-electron chi connectivity index (χ3n) is 2.99. The Morgan fingerprint density at radius 2 is 2.00 bits per heavy atom. The number of anilines is 1. The Morgan fingerprint density at radius 3 is 2.56 bits per heavy atom. The fourth-order valence-corrected chi connectivity index (χ4v) is 2.84. The maximum absolute atomic E-state index is 11.4. The lowest BCUT2D eigenvalue weighted by Crippen LogP contribution is -2.48. The Bertz CT molecular complexity index is 511. The summed E-state index contributed by atoms with van der Waals surface area (Å²) in [6.45, 7) is 2.58. The molecule has 1 aliphatic heterocycles. The third-order valence-corrected chi connectivity index (χ3v) is 4.29. The van der Waals surface area contributed by atoms with E-state index >= 15 is 0 Å². The molecule has 1 aliphatic rings. The van der Waals surface area contributed by atoms with Gasteiger partial charge in [0.05, 0.1) is 6.26 Å². The summed E-state index contributed by atoms with van der Waals surface area (Å²) >= 11 is 0. The topological polar surface area (TPSA) is 92.4 Å². The Morgan fingerprint density at radius 1 is 1.33 bits per heavy atom. The minimum Gasteiger partial charge on any atom is -0.354 e. The van der Waals surface area contributed by atoms with Crippen molar-refractivity contribution in [3.05, 3.63) is 18.1 Å². The number of hydrogen-bond acceptors (Lipinski definition) is 6. The molecule has 2 N–H and O–H groups in total. The highest BCUT2D eigenvalue weighted by atomic mass is 32.2. The second-order valence-electron chi connectivity index (χ2n) is 4.22. The number of aromatic nitrogens is 2. The van der Waals surface area contributed by atoms with Crippen molar-refractivity contribution in [3.63, 3.8) is 0 Å². The molecule has 7 nitrogen and oxygen atoms in total. The van der Waals surface area contributed by atoms with Crippen molar-refractivity contribution in [2.75, 3.05) is 37.3 Å². The van der Waals surface area contributed by atoms with E-state index in [0.717, 1.165) is 11.4 Å². The van der Waals surface area contributed by atoms with Gasteiger partial charge in [-0.3, -0.25) is 0 Å². The molecule has 0 aromatic carbocycles. The van der Waals surface area contributed by atoms with Crippen LogP contribution in [-0.2, 0) is 16.6 Å². The minimum atomic E-state index is -3.10. The molecule has 2 rings (SSSR count). The van der Waals surface area contributed by atoms with Crippen LogP contribution < -0.4 is 10.6 Å². The summed E-state index contributed by atoms with van der Waals surface area (Å²) in [5.41, 5.74) is 6.52. The maximum Gasteiger partial charge on any atom is 0.211 e. The second-order valence-corrected chi connectivity index (χ2v) is 6.21. The zero-order valence-electron chi connectivity index (χ0n) is 10.3. The van der Waals surface area contributed by atoms with E-state index in [9.17, 15) is 8.42 Å². The summed E-state index contributed by atoms with van der Waals surface area (Å²) in [6.07, 6.45) is 4.42. The fraction of sp³-hybridized carbons (Fsp3) is 0.600. The predicted molar refractivity (Wildman–Crippen MR) is 68.6 cm³/mol. The first kappa shape index (κ1) is 13.2. The van der Waals surface area contributed by atoms with Crippen LogP contribution in [0.5, 0.6) is 0 Å². The Balaban J connectivity index is 2.10. The van der Waals surface area contributed by atoms with E-state index in [4.69, 9.17) is 5.73 Å². The highest BCUT2D eigenvalue weighted by molar-refractivity contribution is 7.88. The molecule has 100 valence electrons. The standard InChI is InChI=1S/C10H17N5O2S/c1-18(16,17)15-4-2-14(3-5-15)10-9(6-11)7-12-8-13-10/h7-8H,2-6,11H2,1H3. The zero-order valence-corrected chi connectivity index (χ0v) is 11.1. The van der Waals surface area contributed by atoms with E-state index in [1.165, 1.54) is 16.9 Å². The van der Waals surface area contributed by atoms with Gasteiger partial charge in [-0.1, -0.05) is 0 Å². The first-order chi connectivity index (χ1) is 8.52. The van der Waals surface area contributed by atoms with Gasteiger partial charge in [0.1, 0.15) is 12.1 Å². The molecule has 18 heavy (non-hydrogen) atoms. The van der Waals surface area contributed by atoms with Gasteiger partial charge in [0, 0.05) is 44.5 Å². The number of hydrogen-bond donors (Lipinski definition) is 1. The molecule has 2 heterocycles. The van der Waals surface area contributed by atoms with Crippen molar-refractivity contribution in [3.8, 4) is 0 Å². The van der Waals surface area contributed by atoms with Gasteiger partial charge in [0.25, 0.3) is 0 Å². The van der Waals surface area contributed by atoms with Crippen LogP contribution in [0.15, 0.2) is 12.5 Å². The molecule has 1 saturated heterocycles. The van der Waals surface area contributed by atoms with Crippen molar-refractivity contribution < 1.29 is 8.42 Å².